The van der Waals surface area contributed by atoms with Gasteiger partial charge in [-0.15, -0.1) is 0 Å². The average molecular weight is 367 g/mol. The molecule has 1 aromatic carbocycles. The SMILES string of the molecule is C[C@H]1CCCN(S(=O)(=O)NCCN2CCN(c3ccccc3)CC2)C1. The molecule has 7 heteroatoms. The molecule has 140 valence electrons. The summed E-state index contributed by atoms with van der Waals surface area (Å²) in [5, 5.41) is 0. The fourth-order valence-electron chi connectivity index (χ4n) is 3.66. The Labute approximate surface area is 152 Å². The lowest BCUT2D eigenvalue weighted by atomic mass is 10.0. The van der Waals surface area contributed by atoms with Crippen LogP contribution in [0.2, 0.25) is 0 Å². The zero-order chi connectivity index (χ0) is 17.7. The Morgan fingerprint density at radius 1 is 1.08 bits per heavy atom. The van der Waals surface area contributed by atoms with E-state index in [0.717, 1.165) is 45.6 Å². The summed E-state index contributed by atoms with van der Waals surface area (Å²) in [5.74, 6) is 0.455. The number of hydrogen-bond acceptors (Lipinski definition) is 4. The van der Waals surface area contributed by atoms with Gasteiger partial charge in [-0.05, 0) is 30.9 Å². The lowest BCUT2D eigenvalue weighted by Gasteiger charge is -2.36. The first-order valence-electron chi connectivity index (χ1n) is 9.32. The van der Waals surface area contributed by atoms with E-state index in [4.69, 9.17) is 0 Å². The lowest BCUT2D eigenvalue weighted by Crippen LogP contribution is -2.50. The fraction of sp³-hybridized carbons (Fsp3) is 0.667. The molecule has 2 saturated heterocycles. The second-order valence-electron chi connectivity index (χ2n) is 7.17. The van der Waals surface area contributed by atoms with E-state index in [-0.39, 0.29) is 0 Å². The molecule has 1 aromatic rings. The van der Waals surface area contributed by atoms with Crippen molar-refractivity contribution >= 4 is 15.9 Å². The summed E-state index contributed by atoms with van der Waals surface area (Å²) in [5.41, 5.74) is 1.27. The maximum atomic E-state index is 12.4. The molecule has 0 radical (unpaired) electrons. The van der Waals surface area contributed by atoms with Crippen molar-refractivity contribution < 1.29 is 8.42 Å². The van der Waals surface area contributed by atoms with Crippen LogP contribution in [-0.4, -0.2) is 70.0 Å². The number of piperidine rings is 1. The first-order valence-corrected chi connectivity index (χ1v) is 10.8. The van der Waals surface area contributed by atoms with Gasteiger partial charge in [0.15, 0.2) is 0 Å². The standard InChI is InChI=1S/C18H30N4O2S/c1-17-6-5-10-22(16-17)25(23,24)19-9-11-20-12-14-21(15-13-20)18-7-3-2-4-8-18/h2-4,7-8,17,19H,5-6,9-16H2,1H3/t17-/m0/s1. The van der Waals surface area contributed by atoms with Gasteiger partial charge in [0.25, 0.3) is 10.2 Å². The smallest absolute Gasteiger partial charge is 0.279 e. The van der Waals surface area contributed by atoms with Crippen molar-refractivity contribution in [3.05, 3.63) is 30.3 Å². The molecule has 0 spiro atoms. The zero-order valence-electron chi connectivity index (χ0n) is 15.1. The number of nitrogens with one attached hydrogen (secondary N) is 1. The number of piperazine rings is 1. The maximum absolute atomic E-state index is 12.4. The summed E-state index contributed by atoms with van der Waals surface area (Å²) in [6.45, 7) is 8.58. The van der Waals surface area contributed by atoms with Gasteiger partial charge in [-0.1, -0.05) is 25.1 Å². The van der Waals surface area contributed by atoms with Crippen LogP contribution < -0.4 is 9.62 Å². The van der Waals surface area contributed by atoms with Crippen molar-refractivity contribution in [3.63, 3.8) is 0 Å². The second-order valence-corrected chi connectivity index (χ2v) is 8.92. The summed E-state index contributed by atoms with van der Waals surface area (Å²) in [4.78, 5) is 4.72. The van der Waals surface area contributed by atoms with E-state index in [2.05, 4.69) is 45.7 Å². The van der Waals surface area contributed by atoms with Crippen LogP contribution in [0.5, 0.6) is 0 Å². The van der Waals surface area contributed by atoms with Crippen LogP contribution in [0, 0.1) is 5.92 Å². The molecule has 0 amide bonds. The number of anilines is 1. The number of nitrogens with zero attached hydrogens (tertiary/aromatic N) is 3. The van der Waals surface area contributed by atoms with Crippen molar-refractivity contribution in [3.8, 4) is 0 Å². The Morgan fingerprint density at radius 2 is 1.80 bits per heavy atom. The molecular formula is C18H30N4O2S. The summed E-state index contributed by atoms with van der Waals surface area (Å²) >= 11 is 0. The zero-order valence-corrected chi connectivity index (χ0v) is 15.9. The van der Waals surface area contributed by atoms with Crippen LogP contribution in [0.1, 0.15) is 19.8 Å². The van der Waals surface area contributed by atoms with Crippen molar-refractivity contribution in [2.45, 2.75) is 19.8 Å². The highest BCUT2D eigenvalue weighted by Gasteiger charge is 2.26. The number of hydrogen-bond donors (Lipinski definition) is 1. The number of benzene rings is 1. The quantitative estimate of drug-likeness (QED) is 0.826. The Kier molecular flexibility index (Phi) is 6.33. The van der Waals surface area contributed by atoms with Crippen LogP contribution in [-0.2, 0) is 10.2 Å². The third-order valence-corrected chi connectivity index (χ3v) is 6.75. The van der Waals surface area contributed by atoms with Crippen molar-refractivity contribution in [1.82, 2.24) is 13.9 Å². The third kappa shape index (κ3) is 5.17. The first kappa shape index (κ1) is 18.6. The second kappa shape index (κ2) is 8.49. The molecule has 25 heavy (non-hydrogen) atoms. The molecular weight excluding hydrogens is 336 g/mol. The molecule has 0 aromatic heterocycles. The number of rotatable bonds is 6. The molecule has 2 aliphatic heterocycles. The van der Waals surface area contributed by atoms with E-state index in [1.807, 2.05) is 6.07 Å². The Hall–Kier alpha value is -1.15. The molecule has 0 aliphatic carbocycles. The molecule has 0 saturated carbocycles. The van der Waals surface area contributed by atoms with Gasteiger partial charge >= 0.3 is 0 Å². The number of para-hydroxylation sites is 1. The first-order chi connectivity index (χ1) is 12.0. The minimum absolute atomic E-state index is 0.455. The average Bonchev–Trinajstić information content (AvgIpc) is 2.63. The maximum Gasteiger partial charge on any atom is 0.279 e. The third-order valence-electron chi connectivity index (χ3n) is 5.17. The van der Waals surface area contributed by atoms with Crippen molar-refractivity contribution in [2.75, 3.05) is 57.3 Å². The van der Waals surface area contributed by atoms with Crippen LogP contribution in [0.3, 0.4) is 0 Å². The molecule has 1 atom stereocenters. The van der Waals surface area contributed by atoms with Gasteiger partial charge in [0.05, 0.1) is 0 Å². The predicted octanol–water partition coefficient (Wildman–Crippen LogP) is 1.37. The monoisotopic (exact) mass is 366 g/mol. The minimum atomic E-state index is -3.32. The van der Waals surface area contributed by atoms with E-state index in [1.165, 1.54) is 5.69 Å². The molecule has 2 aliphatic rings. The van der Waals surface area contributed by atoms with E-state index < -0.39 is 10.2 Å². The van der Waals surface area contributed by atoms with Crippen molar-refractivity contribution in [1.29, 1.82) is 0 Å². The highest BCUT2D eigenvalue weighted by Crippen LogP contribution is 2.18. The summed E-state index contributed by atoms with van der Waals surface area (Å²) < 4.78 is 29.2. The summed E-state index contributed by atoms with van der Waals surface area (Å²) in [6.07, 6.45) is 2.08. The van der Waals surface area contributed by atoms with Crippen LogP contribution in [0.4, 0.5) is 5.69 Å². The molecule has 2 fully saturated rings. The highest BCUT2D eigenvalue weighted by molar-refractivity contribution is 7.87. The molecule has 2 heterocycles. The van der Waals surface area contributed by atoms with E-state index in [9.17, 15) is 8.42 Å². The molecule has 1 N–H and O–H groups in total. The Morgan fingerprint density at radius 3 is 2.48 bits per heavy atom. The van der Waals surface area contributed by atoms with Gasteiger partial charge in [0, 0.05) is 58.0 Å². The fourth-order valence-corrected chi connectivity index (χ4v) is 5.01. The van der Waals surface area contributed by atoms with Crippen LogP contribution in [0.25, 0.3) is 0 Å². The van der Waals surface area contributed by atoms with Crippen LogP contribution in [0.15, 0.2) is 30.3 Å². The Balaban J connectivity index is 1.40. The summed E-state index contributed by atoms with van der Waals surface area (Å²) in [7, 11) is -3.32. The van der Waals surface area contributed by atoms with Gasteiger partial charge in [0.2, 0.25) is 0 Å². The highest BCUT2D eigenvalue weighted by atomic mass is 32.2. The molecule has 6 nitrogen and oxygen atoms in total. The van der Waals surface area contributed by atoms with Crippen LogP contribution >= 0.6 is 0 Å². The van der Waals surface area contributed by atoms with Gasteiger partial charge in [-0.3, -0.25) is 4.90 Å². The topological polar surface area (TPSA) is 55.9 Å². The Bertz CT molecular complexity index is 630. The summed E-state index contributed by atoms with van der Waals surface area (Å²) in [6, 6.07) is 10.5. The molecule has 0 bridgehead atoms. The normalized spacial score (nSPS) is 23.7. The largest absolute Gasteiger partial charge is 0.369 e. The lowest BCUT2D eigenvalue weighted by molar-refractivity contribution is 0.257. The minimum Gasteiger partial charge on any atom is -0.369 e. The van der Waals surface area contributed by atoms with E-state index >= 15 is 0 Å². The van der Waals surface area contributed by atoms with Gasteiger partial charge < -0.3 is 4.90 Å². The predicted molar refractivity (Wildman–Crippen MR) is 102 cm³/mol. The molecule has 3 rings (SSSR count). The van der Waals surface area contributed by atoms with E-state index in [1.54, 1.807) is 4.31 Å². The van der Waals surface area contributed by atoms with Crippen molar-refractivity contribution in [2.24, 2.45) is 5.92 Å². The van der Waals surface area contributed by atoms with Gasteiger partial charge in [-0.2, -0.15) is 12.7 Å². The van der Waals surface area contributed by atoms with Gasteiger partial charge in [-0.25, -0.2) is 4.72 Å². The molecule has 0 unspecified atom stereocenters. The van der Waals surface area contributed by atoms with E-state index in [0.29, 0.717) is 25.6 Å². The van der Waals surface area contributed by atoms with Gasteiger partial charge in [0.1, 0.15) is 0 Å².